The van der Waals surface area contributed by atoms with E-state index in [4.69, 9.17) is 4.74 Å². The van der Waals surface area contributed by atoms with Gasteiger partial charge in [0.05, 0.1) is 17.2 Å². The Morgan fingerprint density at radius 3 is 2.43 bits per heavy atom. The normalized spacial score (nSPS) is 34.4. The van der Waals surface area contributed by atoms with E-state index in [1.807, 2.05) is 13.8 Å². The van der Waals surface area contributed by atoms with E-state index in [0.717, 1.165) is 32.1 Å². The fraction of sp³-hybridized carbons (Fsp3) is 0.938. The summed E-state index contributed by atoms with van der Waals surface area (Å²) in [6.07, 6.45) is 5.01. The lowest BCUT2D eigenvalue weighted by Gasteiger charge is -2.32. The summed E-state index contributed by atoms with van der Waals surface area (Å²) in [5.74, 6) is 0.189. The lowest BCUT2D eigenvalue weighted by atomic mass is 9.85. The van der Waals surface area contributed by atoms with E-state index in [9.17, 15) is 9.90 Å². The minimum atomic E-state index is -0.357. The third-order valence-corrected chi connectivity index (χ3v) is 4.84. The van der Waals surface area contributed by atoms with Crippen LogP contribution in [0.25, 0.3) is 0 Å². The fourth-order valence-electron chi connectivity index (χ4n) is 3.77. The second-order valence-electron chi connectivity index (χ2n) is 7.67. The molecule has 0 aromatic heterocycles. The van der Waals surface area contributed by atoms with E-state index in [2.05, 4.69) is 24.5 Å². The van der Waals surface area contributed by atoms with Crippen LogP contribution in [0.2, 0.25) is 0 Å². The van der Waals surface area contributed by atoms with E-state index < -0.39 is 0 Å². The zero-order valence-corrected chi connectivity index (χ0v) is 13.7. The van der Waals surface area contributed by atoms with Gasteiger partial charge in [-0.15, -0.1) is 0 Å². The number of ether oxygens (including phenoxy) is 1. The predicted molar refractivity (Wildman–Crippen MR) is 82.1 cm³/mol. The molecule has 1 saturated heterocycles. The monoisotopic (exact) mass is 298 g/mol. The molecule has 5 heteroatoms. The number of carbonyl (C=O) groups excluding carboxylic acids is 1. The van der Waals surface area contributed by atoms with Crippen LogP contribution in [-0.4, -0.2) is 41.0 Å². The highest BCUT2D eigenvalue weighted by Gasteiger charge is 2.46. The standard InChI is InChI=1S/C16H30N2O3/c1-15(2)9-13(16(3,4)21-15)18-14(20)17-12-8-6-5-7-11(12)10-19/h11-13,19H,5-10H2,1-4H3,(H2,17,18,20). The topological polar surface area (TPSA) is 70.6 Å². The third kappa shape index (κ3) is 4.10. The summed E-state index contributed by atoms with van der Waals surface area (Å²) in [7, 11) is 0. The first-order valence-electron chi connectivity index (χ1n) is 8.11. The van der Waals surface area contributed by atoms with Crippen LogP contribution in [0.3, 0.4) is 0 Å². The van der Waals surface area contributed by atoms with Crippen LogP contribution in [0.4, 0.5) is 4.79 Å². The van der Waals surface area contributed by atoms with E-state index in [-0.39, 0.29) is 41.8 Å². The number of aliphatic hydroxyl groups excluding tert-OH is 1. The molecule has 2 aliphatic rings. The summed E-state index contributed by atoms with van der Waals surface area (Å²) in [5, 5.41) is 15.5. The van der Waals surface area contributed by atoms with Gasteiger partial charge in [0, 0.05) is 18.6 Å². The molecule has 1 aliphatic carbocycles. The van der Waals surface area contributed by atoms with E-state index in [1.165, 1.54) is 0 Å². The van der Waals surface area contributed by atoms with Gasteiger partial charge in [-0.25, -0.2) is 4.79 Å². The third-order valence-electron chi connectivity index (χ3n) is 4.84. The second-order valence-corrected chi connectivity index (χ2v) is 7.67. The zero-order valence-electron chi connectivity index (χ0n) is 13.7. The Balaban J connectivity index is 1.89. The molecule has 0 bridgehead atoms. The number of hydrogen-bond donors (Lipinski definition) is 3. The molecule has 3 N–H and O–H groups in total. The summed E-state index contributed by atoms with van der Waals surface area (Å²) in [5.41, 5.74) is -0.566. The van der Waals surface area contributed by atoms with E-state index >= 15 is 0 Å². The molecule has 3 unspecified atom stereocenters. The van der Waals surface area contributed by atoms with Crippen molar-refractivity contribution in [3.05, 3.63) is 0 Å². The molecular formula is C16H30N2O3. The maximum atomic E-state index is 12.3. The number of nitrogens with one attached hydrogen (secondary N) is 2. The Morgan fingerprint density at radius 1 is 1.19 bits per heavy atom. The van der Waals surface area contributed by atoms with Crippen LogP contribution < -0.4 is 10.6 Å². The Hall–Kier alpha value is -0.810. The molecule has 1 heterocycles. The Kier molecular flexibility index (Phi) is 4.83. The van der Waals surface area contributed by atoms with Crippen molar-refractivity contribution < 1.29 is 14.6 Å². The van der Waals surface area contributed by atoms with Crippen LogP contribution in [0.1, 0.15) is 59.8 Å². The minimum absolute atomic E-state index is 0.00340. The minimum Gasteiger partial charge on any atom is -0.396 e. The Bertz CT molecular complexity index is 382. The van der Waals surface area contributed by atoms with Crippen LogP contribution in [0, 0.1) is 5.92 Å². The van der Waals surface area contributed by atoms with Gasteiger partial charge < -0.3 is 20.5 Å². The first-order chi connectivity index (χ1) is 9.73. The van der Waals surface area contributed by atoms with E-state index in [1.54, 1.807) is 0 Å². The quantitative estimate of drug-likeness (QED) is 0.748. The van der Waals surface area contributed by atoms with Crippen LogP contribution in [0.15, 0.2) is 0 Å². The van der Waals surface area contributed by atoms with E-state index in [0.29, 0.717) is 0 Å². The first-order valence-corrected chi connectivity index (χ1v) is 8.11. The number of rotatable bonds is 3. The van der Waals surface area contributed by atoms with Gasteiger partial charge in [0.25, 0.3) is 0 Å². The second kappa shape index (κ2) is 6.13. The van der Waals surface area contributed by atoms with Gasteiger partial charge in [-0.05, 0) is 47.0 Å². The first kappa shape index (κ1) is 16.6. The van der Waals surface area contributed by atoms with Crippen LogP contribution in [-0.2, 0) is 4.74 Å². The molecule has 21 heavy (non-hydrogen) atoms. The molecule has 0 aromatic carbocycles. The van der Waals surface area contributed by atoms with Gasteiger partial charge in [0.2, 0.25) is 0 Å². The number of aliphatic hydroxyl groups is 1. The molecule has 2 amide bonds. The predicted octanol–water partition coefficient (Wildman–Crippen LogP) is 2.18. The van der Waals surface area contributed by atoms with Gasteiger partial charge in [-0.3, -0.25) is 0 Å². The lowest BCUT2D eigenvalue weighted by molar-refractivity contribution is -0.0691. The molecule has 5 nitrogen and oxygen atoms in total. The number of hydrogen-bond acceptors (Lipinski definition) is 3. The molecule has 2 rings (SSSR count). The summed E-state index contributed by atoms with van der Waals surface area (Å²) >= 11 is 0. The van der Waals surface area contributed by atoms with Crippen LogP contribution in [0.5, 0.6) is 0 Å². The molecule has 3 atom stereocenters. The summed E-state index contributed by atoms with van der Waals surface area (Å²) in [4.78, 5) is 12.3. The van der Waals surface area contributed by atoms with Crippen molar-refractivity contribution in [1.29, 1.82) is 0 Å². The largest absolute Gasteiger partial charge is 0.396 e. The van der Waals surface area contributed by atoms with Crippen molar-refractivity contribution in [2.75, 3.05) is 6.61 Å². The highest BCUT2D eigenvalue weighted by Crippen LogP contribution is 2.37. The van der Waals surface area contributed by atoms with Crippen molar-refractivity contribution in [2.45, 2.75) is 83.1 Å². The van der Waals surface area contributed by atoms with Gasteiger partial charge in [0.15, 0.2) is 0 Å². The highest BCUT2D eigenvalue weighted by atomic mass is 16.5. The van der Waals surface area contributed by atoms with Gasteiger partial charge in [-0.2, -0.15) is 0 Å². The van der Waals surface area contributed by atoms with Gasteiger partial charge in [-0.1, -0.05) is 12.8 Å². The SMILES string of the molecule is CC1(C)CC(NC(=O)NC2CCCCC2CO)C(C)(C)O1. The van der Waals surface area contributed by atoms with Crippen molar-refractivity contribution in [2.24, 2.45) is 5.92 Å². The van der Waals surface area contributed by atoms with Crippen molar-refractivity contribution in [3.63, 3.8) is 0 Å². The molecule has 122 valence electrons. The van der Waals surface area contributed by atoms with Crippen LogP contribution >= 0.6 is 0 Å². The average Bonchev–Trinajstić information content (AvgIpc) is 2.57. The molecule has 0 aromatic rings. The molecule has 1 aliphatic heterocycles. The molecule has 2 fully saturated rings. The highest BCUT2D eigenvalue weighted by molar-refractivity contribution is 5.74. The smallest absolute Gasteiger partial charge is 0.315 e. The van der Waals surface area contributed by atoms with Gasteiger partial charge >= 0.3 is 6.03 Å². The number of carbonyl (C=O) groups is 1. The summed E-state index contributed by atoms with van der Waals surface area (Å²) in [6.45, 7) is 8.29. The average molecular weight is 298 g/mol. The van der Waals surface area contributed by atoms with Crippen molar-refractivity contribution >= 4 is 6.03 Å². The van der Waals surface area contributed by atoms with Crippen molar-refractivity contribution in [1.82, 2.24) is 10.6 Å². The Morgan fingerprint density at radius 2 is 1.86 bits per heavy atom. The number of urea groups is 1. The molecule has 1 saturated carbocycles. The maximum Gasteiger partial charge on any atom is 0.315 e. The summed E-state index contributed by atoms with van der Waals surface area (Å²) < 4.78 is 6.00. The Labute approximate surface area is 127 Å². The molecule has 0 radical (unpaired) electrons. The van der Waals surface area contributed by atoms with Crippen molar-refractivity contribution in [3.8, 4) is 0 Å². The molecular weight excluding hydrogens is 268 g/mol. The van der Waals surface area contributed by atoms with Gasteiger partial charge in [0.1, 0.15) is 0 Å². The fourth-order valence-corrected chi connectivity index (χ4v) is 3.77. The summed E-state index contributed by atoms with van der Waals surface area (Å²) in [6, 6.07) is -0.0504. The number of amides is 2. The molecule has 0 spiro atoms. The zero-order chi connectivity index (χ0) is 15.7. The maximum absolute atomic E-state index is 12.3. The lowest BCUT2D eigenvalue weighted by Crippen LogP contribution is -2.53.